The number of nitrogens with one attached hydrogen (secondary N) is 1. The van der Waals surface area contributed by atoms with Crippen LogP contribution in [-0.4, -0.2) is 58.0 Å². The molecule has 0 aliphatic carbocycles. The number of halogens is 1. The Bertz CT molecular complexity index is 1480. The summed E-state index contributed by atoms with van der Waals surface area (Å²) in [4.78, 5) is 15.0. The van der Waals surface area contributed by atoms with Crippen LogP contribution in [0.3, 0.4) is 0 Å². The van der Waals surface area contributed by atoms with Gasteiger partial charge in [0.1, 0.15) is 13.2 Å². The van der Waals surface area contributed by atoms with E-state index in [1.54, 1.807) is 4.68 Å². The number of rotatable bonds is 7. The molecule has 0 spiro atoms. The Hall–Kier alpha value is -3.89. The number of aliphatic imine (C=N–C) groups is 1. The van der Waals surface area contributed by atoms with Crippen LogP contribution in [0.2, 0.25) is 0 Å². The summed E-state index contributed by atoms with van der Waals surface area (Å²) in [7, 11) is 1.84. The maximum absolute atomic E-state index is 11.1. The molecule has 9 nitrogen and oxygen atoms in total. The molecule has 4 aromatic rings. The van der Waals surface area contributed by atoms with Crippen molar-refractivity contribution in [2.24, 2.45) is 12.0 Å². The summed E-state index contributed by atoms with van der Waals surface area (Å²) in [5, 5.41) is 27.2. The molecule has 2 heterocycles. The van der Waals surface area contributed by atoms with Crippen molar-refractivity contribution < 1.29 is 24.5 Å². The van der Waals surface area contributed by atoms with Crippen LogP contribution >= 0.6 is 15.9 Å². The molecule has 0 fully saturated rings. The van der Waals surface area contributed by atoms with Crippen molar-refractivity contribution in [1.82, 2.24) is 9.78 Å². The fraction of sp³-hybridized carbons (Fsp3) is 0.192. The minimum atomic E-state index is -1.19. The summed E-state index contributed by atoms with van der Waals surface area (Å²) >= 11 is 3.75. The molecular weight excluding hydrogens is 528 g/mol. The molecule has 36 heavy (non-hydrogen) atoms. The normalized spacial score (nSPS) is 13.8. The fourth-order valence-corrected chi connectivity index (χ4v) is 4.59. The number of aliphatic carboxylic acids is 1. The second kappa shape index (κ2) is 10.00. The predicted octanol–water partition coefficient (Wildman–Crippen LogP) is 4.38. The van der Waals surface area contributed by atoms with Crippen LogP contribution in [0.25, 0.3) is 22.0 Å². The first kappa shape index (κ1) is 23.8. The third-order valence-corrected chi connectivity index (χ3v) is 6.70. The van der Waals surface area contributed by atoms with E-state index in [9.17, 15) is 4.79 Å². The average Bonchev–Trinajstić information content (AvgIpc) is 3.19. The highest BCUT2D eigenvalue weighted by molar-refractivity contribution is 9.10. The number of nitrogens with zero attached hydrogens (tertiary/aromatic N) is 3. The summed E-state index contributed by atoms with van der Waals surface area (Å²) in [6.45, 7) is 0.516. The molecule has 0 bridgehead atoms. The van der Waals surface area contributed by atoms with Gasteiger partial charge in [-0.05, 0) is 63.0 Å². The second-order valence-corrected chi connectivity index (χ2v) is 9.01. The van der Waals surface area contributed by atoms with Gasteiger partial charge in [0.2, 0.25) is 0 Å². The molecule has 0 saturated heterocycles. The van der Waals surface area contributed by atoms with Gasteiger partial charge >= 0.3 is 5.97 Å². The van der Waals surface area contributed by atoms with Gasteiger partial charge in [-0.3, -0.25) is 9.67 Å². The van der Waals surface area contributed by atoms with Gasteiger partial charge in [0, 0.05) is 23.1 Å². The van der Waals surface area contributed by atoms with E-state index < -0.39 is 18.6 Å². The number of hydrogen-bond acceptors (Lipinski definition) is 7. The number of hydrogen-bond donors (Lipinski definition) is 3. The average molecular weight is 551 g/mol. The van der Waals surface area contributed by atoms with E-state index in [2.05, 4.69) is 31.3 Å². The van der Waals surface area contributed by atoms with Crippen LogP contribution in [0.1, 0.15) is 5.56 Å². The Morgan fingerprint density at radius 3 is 2.78 bits per heavy atom. The van der Waals surface area contributed by atoms with Crippen molar-refractivity contribution in [3.63, 3.8) is 0 Å². The summed E-state index contributed by atoms with van der Waals surface area (Å²) < 4.78 is 14.0. The number of aryl methyl sites for hydroxylation is 1. The number of fused-ring (bicyclic) bond motifs is 2. The zero-order valence-corrected chi connectivity index (χ0v) is 20.9. The summed E-state index contributed by atoms with van der Waals surface area (Å²) in [5.41, 5.74) is 4.38. The molecule has 1 aliphatic heterocycles. The van der Waals surface area contributed by atoms with Crippen molar-refractivity contribution in [3.8, 4) is 22.6 Å². The molecule has 3 aromatic carbocycles. The Morgan fingerprint density at radius 2 is 2.00 bits per heavy atom. The van der Waals surface area contributed by atoms with Gasteiger partial charge in [-0.1, -0.05) is 24.3 Å². The minimum Gasteiger partial charge on any atom is -0.486 e. The maximum atomic E-state index is 11.1. The van der Waals surface area contributed by atoms with Gasteiger partial charge in [-0.25, -0.2) is 4.79 Å². The van der Waals surface area contributed by atoms with Gasteiger partial charge in [0.25, 0.3) is 0 Å². The molecular formula is C26H23BrN4O5. The number of aliphatic hydroxyl groups is 1. The van der Waals surface area contributed by atoms with Crippen LogP contribution in [0.15, 0.2) is 64.1 Å². The van der Waals surface area contributed by atoms with E-state index in [1.165, 1.54) is 6.21 Å². The highest BCUT2D eigenvalue weighted by atomic mass is 79.9. The predicted molar refractivity (Wildman–Crippen MR) is 141 cm³/mol. The van der Waals surface area contributed by atoms with Crippen LogP contribution in [0, 0.1) is 0 Å². The van der Waals surface area contributed by atoms with Crippen LogP contribution in [0.5, 0.6) is 11.5 Å². The number of ether oxygens (including phenoxy) is 2. The Labute approximate surface area is 215 Å². The van der Waals surface area contributed by atoms with Crippen molar-refractivity contribution in [2.75, 3.05) is 25.1 Å². The second-order valence-electron chi connectivity index (χ2n) is 8.21. The van der Waals surface area contributed by atoms with E-state index in [1.807, 2.05) is 61.6 Å². The molecule has 0 saturated carbocycles. The van der Waals surface area contributed by atoms with Gasteiger partial charge in [0.05, 0.1) is 17.8 Å². The van der Waals surface area contributed by atoms with Gasteiger partial charge in [-0.15, -0.1) is 0 Å². The number of carboxylic acid groups (broad SMARTS) is 1. The molecule has 0 amide bonds. The van der Waals surface area contributed by atoms with Crippen LogP contribution < -0.4 is 14.8 Å². The van der Waals surface area contributed by atoms with Crippen LogP contribution in [0.4, 0.5) is 11.5 Å². The smallest absolute Gasteiger partial charge is 0.330 e. The standard InChI is InChI=1S/C26H23BrN4O5/c1-31-21-11-15(13-28-20(14-32)26(33)34)5-7-18(21)25(30-31)29-19-4-2-3-17(24(19)27)16-6-8-22-23(12-16)36-10-9-35-22/h2-8,11-13,20,32H,9-10,14H2,1H3,(H,29,30)(H,33,34)/t20-/m0/s1. The lowest BCUT2D eigenvalue weighted by Crippen LogP contribution is -2.22. The fourth-order valence-electron chi connectivity index (χ4n) is 4.00. The largest absolute Gasteiger partial charge is 0.486 e. The quantitative estimate of drug-likeness (QED) is 0.292. The molecule has 1 aromatic heterocycles. The maximum Gasteiger partial charge on any atom is 0.330 e. The van der Waals surface area contributed by atoms with Gasteiger partial charge in [-0.2, -0.15) is 5.10 Å². The molecule has 1 atom stereocenters. The molecule has 3 N–H and O–H groups in total. The highest BCUT2D eigenvalue weighted by Gasteiger charge is 2.17. The zero-order valence-electron chi connectivity index (χ0n) is 19.3. The Balaban J connectivity index is 1.44. The molecule has 1 aliphatic rings. The third-order valence-electron chi connectivity index (χ3n) is 5.84. The first-order valence-electron chi connectivity index (χ1n) is 11.2. The Kier molecular flexibility index (Phi) is 6.62. The number of carbonyl (C=O) groups is 1. The van der Waals surface area contributed by atoms with Crippen molar-refractivity contribution in [2.45, 2.75) is 6.04 Å². The zero-order chi connectivity index (χ0) is 25.2. The third kappa shape index (κ3) is 4.65. The van der Waals surface area contributed by atoms with Crippen LogP contribution in [-0.2, 0) is 11.8 Å². The minimum absolute atomic E-state index is 0.529. The first-order valence-corrected chi connectivity index (χ1v) is 12.0. The molecule has 0 radical (unpaired) electrons. The highest BCUT2D eigenvalue weighted by Crippen LogP contribution is 2.40. The number of benzene rings is 3. The summed E-state index contributed by atoms with van der Waals surface area (Å²) in [5.74, 6) is 0.975. The van der Waals surface area contributed by atoms with Gasteiger partial charge < -0.3 is 25.0 Å². The van der Waals surface area contributed by atoms with Crippen molar-refractivity contribution in [1.29, 1.82) is 0 Å². The lowest BCUT2D eigenvalue weighted by molar-refractivity contribution is -0.139. The molecule has 5 rings (SSSR count). The monoisotopic (exact) mass is 550 g/mol. The van der Waals surface area contributed by atoms with E-state index >= 15 is 0 Å². The molecule has 10 heteroatoms. The summed E-state index contributed by atoms with van der Waals surface area (Å²) in [6, 6.07) is 16.3. The van der Waals surface area contributed by atoms with Gasteiger partial charge in [0.15, 0.2) is 23.4 Å². The van der Waals surface area contributed by atoms with Crippen molar-refractivity contribution >= 4 is 50.5 Å². The van der Waals surface area contributed by atoms with E-state index in [-0.39, 0.29) is 0 Å². The summed E-state index contributed by atoms with van der Waals surface area (Å²) in [6.07, 6.45) is 1.45. The van der Waals surface area contributed by atoms with E-state index in [0.29, 0.717) is 24.6 Å². The lowest BCUT2D eigenvalue weighted by atomic mass is 10.0. The van der Waals surface area contributed by atoms with E-state index in [0.717, 1.165) is 43.7 Å². The number of anilines is 2. The topological polar surface area (TPSA) is 118 Å². The number of aromatic nitrogens is 2. The number of aliphatic hydroxyl groups excluding tert-OH is 1. The van der Waals surface area contributed by atoms with E-state index in [4.69, 9.17) is 19.7 Å². The van der Waals surface area contributed by atoms with Crippen molar-refractivity contribution in [3.05, 3.63) is 64.6 Å². The lowest BCUT2D eigenvalue weighted by Gasteiger charge is -2.19. The Morgan fingerprint density at radius 1 is 1.19 bits per heavy atom. The molecule has 184 valence electrons. The number of carboxylic acids is 1. The first-order chi connectivity index (χ1) is 17.4. The SMILES string of the molecule is Cn1nc(Nc2cccc(-c3ccc4c(c3)OCCO4)c2Br)c2ccc(C=N[C@@H](CO)C(=O)O)cc21. The molecule has 0 unspecified atom stereocenters.